The molecule has 2 aliphatic rings. The van der Waals surface area contributed by atoms with E-state index in [4.69, 9.17) is 0 Å². The van der Waals surface area contributed by atoms with Crippen LogP contribution >= 0.6 is 23.1 Å². The molecule has 3 heterocycles. The molecule has 0 N–H and O–H groups in total. The van der Waals surface area contributed by atoms with Gasteiger partial charge in [-0.25, -0.2) is 4.98 Å². The van der Waals surface area contributed by atoms with Crippen LogP contribution in [0.3, 0.4) is 0 Å². The second-order valence-corrected chi connectivity index (χ2v) is 6.45. The number of aromatic nitrogens is 1. The molecule has 2 fully saturated rings. The molecule has 1 aromatic rings. The molecule has 3 rings (SSSR count). The Balaban J connectivity index is 1.81. The van der Waals surface area contributed by atoms with Crippen molar-refractivity contribution in [2.24, 2.45) is 0 Å². The Labute approximate surface area is 96.9 Å². The van der Waals surface area contributed by atoms with Crippen molar-refractivity contribution in [3.63, 3.8) is 0 Å². The van der Waals surface area contributed by atoms with Crippen LogP contribution in [0.1, 0.15) is 21.9 Å². The van der Waals surface area contributed by atoms with Crippen molar-refractivity contribution in [2.45, 2.75) is 24.6 Å². The summed E-state index contributed by atoms with van der Waals surface area (Å²) in [7, 11) is 0. The molecule has 0 unspecified atom stereocenters. The Morgan fingerprint density at radius 2 is 2.53 bits per heavy atom. The number of thioether (sulfide) groups is 1. The molecule has 2 saturated heterocycles. The van der Waals surface area contributed by atoms with Crippen LogP contribution in [-0.2, 0) is 0 Å². The van der Waals surface area contributed by atoms with E-state index in [0.29, 0.717) is 17.0 Å². The lowest BCUT2D eigenvalue weighted by Crippen LogP contribution is -2.39. The van der Waals surface area contributed by atoms with Gasteiger partial charge in [-0.1, -0.05) is 0 Å². The van der Waals surface area contributed by atoms with Crippen molar-refractivity contribution in [1.29, 1.82) is 0 Å². The molecule has 0 spiro atoms. The summed E-state index contributed by atoms with van der Waals surface area (Å²) in [6.07, 6.45) is 1.18. The maximum atomic E-state index is 12.1. The van der Waals surface area contributed by atoms with Gasteiger partial charge < -0.3 is 4.90 Å². The lowest BCUT2D eigenvalue weighted by molar-refractivity contribution is 0.0742. The zero-order chi connectivity index (χ0) is 10.4. The number of hydrogen-bond acceptors (Lipinski definition) is 4. The molecule has 1 aromatic heterocycles. The van der Waals surface area contributed by atoms with E-state index in [1.165, 1.54) is 6.42 Å². The Morgan fingerprint density at radius 1 is 1.67 bits per heavy atom. The summed E-state index contributed by atoms with van der Waals surface area (Å²) >= 11 is 3.55. The number of rotatable bonds is 1. The summed E-state index contributed by atoms with van der Waals surface area (Å²) in [6.45, 7) is 2.86. The van der Waals surface area contributed by atoms with Gasteiger partial charge in [0.25, 0.3) is 5.91 Å². The van der Waals surface area contributed by atoms with E-state index in [9.17, 15) is 4.79 Å². The van der Waals surface area contributed by atoms with Crippen molar-refractivity contribution >= 4 is 29.0 Å². The second-order valence-electron chi connectivity index (χ2n) is 4.05. The van der Waals surface area contributed by atoms with Crippen molar-refractivity contribution in [1.82, 2.24) is 9.88 Å². The fourth-order valence-electron chi connectivity index (χ4n) is 2.26. The predicted octanol–water partition coefficient (Wildman–Crippen LogP) is 1.78. The molecule has 15 heavy (non-hydrogen) atoms. The van der Waals surface area contributed by atoms with Crippen LogP contribution in [0.5, 0.6) is 0 Å². The van der Waals surface area contributed by atoms with E-state index in [2.05, 4.69) is 4.98 Å². The first kappa shape index (κ1) is 9.66. The van der Waals surface area contributed by atoms with Crippen molar-refractivity contribution in [3.8, 4) is 0 Å². The Bertz CT molecular complexity index is 404. The Hall–Kier alpha value is -0.550. The summed E-state index contributed by atoms with van der Waals surface area (Å²) in [4.78, 5) is 18.4. The minimum Gasteiger partial charge on any atom is -0.332 e. The van der Waals surface area contributed by atoms with Gasteiger partial charge in [0.1, 0.15) is 5.69 Å². The third-order valence-electron chi connectivity index (χ3n) is 3.00. The van der Waals surface area contributed by atoms with Crippen LogP contribution < -0.4 is 0 Å². The van der Waals surface area contributed by atoms with E-state index < -0.39 is 0 Å². The van der Waals surface area contributed by atoms with Crippen LogP contribution in [0.2, 0.25) is 0 Å². The highest BCUT2D eigenvalue weighted by Crippen LogP contribution is 2.38. The molecule has 2 aliphatic heterocycles. The van der Waals surface area contributed by atoms with Gasteiger partial charge >= 0.3 is 0 Å². The highest BCUT2D eigenvalue weighted by atomic mass is 32.2. The molecular formula is C10H12N2OS2. The quantitative estimate of drug-likeness (QED) is 0.750. The summed E-state index contributed by atoms with van der Waals surface area (Å²) in [6, 6.07) is 0.467. The first-order valence-corrected chi connectivity index (χ1v) is 7.01. The van der Waals surface area contributed by atoms with E-state index >= 15 is 0 Å². The number of amides is 1. The fraction of sp³-hybridized carbons (Fsp3) is 0.600. The van der Waals surface area contributed by atoms with E-state index in [-0.39, 0.29) is 5.91 Å². The van der Waals surface area contributed by atoms with Crippen LogP contribution in [0.15, 0.2) is 5.38 Å². The first-order valence-electron chi connectivity index (χ1n) is 5.09. The molecular weight excluding hydrogens is 228 g/mol. The van der Waals surface area contributed by atoms with Gasteiger partial charge in [0.15, 0.2) is 0 Å². The number of thiazole rings is 1. The maximum absolute atomic E-state index is 12.1. The molecule has 2 bridgehead atoms. The number of hydrogen-bond donors (Lipinski definition) is 0. The van der Waals surface area contributed by atoms with Crippen LogP contribution in [-0.4, -0.2) is 39.4 Å². The maximum Gasteiger partial charge on any atom is 0.273 e. The normalized spacial score (nSPS) is 28.7. The number of carbonyl (C=O) groups is 1. The van der Waals surface area contributed by atoms with E-state index in [1.54, 1.807) is 11.3 Å². The van der Waals surface area contributed by atoms with E-state index in [1.807, 2.05) is 29.0 Å². The van der Waals surface area contributed by atoms with Gasteiger partial charge in [-0.2, -0.15) is 11.8 Å². The van der Waals surface area contributed by atoms with Gasteiger partial charge in [-0.05, 0) is 13.3 Å². The van der Waals surface area contributed by atoms with Crippen molar-refractivity contribution < 1.29 is 4.79 Å². The average Bonchev–Trinajstić information content (AvgIpc) is 2.90. The number of likely N-dealkylation sites (tertiary alicyclic amines) is 1. The summed E-state index contributed by atoms with van der Waals surface area (Å²) in [5.41, 5.74) is 0.634. The molecule has 0 aliphatic carbocycles. The van der Waals surface area contributed by atoms with Crippen molar-refractivity contribution in [3.05, 3.63) is 16.1 Å². The standard InChI is InChI=1S/C10H12N2OS2/c1-6-11-9(5-14-6)10(13)12-3-8-2-7(12)4-15-8/h5,7-8H,2-4H2,1H3/t7-,8+/m0/s1. The zero-order valence-corrected chi connectivity index (χ0v) is 10.1. The highest BCUT2D eigenvalue weighted by Gasteiger charge is 2.41. The molecule has 0 radical (unpaired) electrons. The summed E-state index contributed by atoms with van der Waals surface area (Å²) in [5.74, 6) is 1.24. The molecule has 0 aromatic carbocycles. The number of nitrogens with zero attached hydrogens (tertiary/aromatic N) is 2. The lowest BCUT2D eigenvalue weighted by atomic mass is 10.2. The fourth-order valence-corrected chi connectivity index (χ4v) is 4.28. The molecule has 1 amide bonds. The number of carbonyl (C=O) groups excluding carboxylic acids is 1. The molecule has 2 atom stereocenters. The zero-order valence-electron chi connectivity index (χ0n) is 8.47. The Morgan fingerprint density at radius 3 is 3.07 bits per heavy atom. The van der Waals surface area contributed by atoms with Crippen LogP contribution in [0, 0.1) is 6.92 Å². The minimum atomic E-state index is 0.132. The third kappa shape index (κ3) is 1.58. The molecule has 0 saturated carbocycles. The SMILES string of the molecule is Cc1nc(C(=O)N2C[C@H]3C[C@H]2CS3)cs1. The largest absolute Gasteiger partial charge is 0.332 e. The summed E-state index contributed by atoms with van der Waals surface area (Å²) < 4.78 is 0. The second kappa shape index (κ2) is 3.49. The van der Waals surface area contributed by atoms with Gasteiger partial charge in [0.2, 0.25) is 0 Å². The monoisotopic (exact) mass is 240 g/mol. The number of aryl methyl sites for hydroxylation is 1. The molecule has 3 nitrogen and oxygen atoms in total. The van der Waals surface area contributed by atoms with E-state index in [0.717, 1.165) is 17.3 Å². The van der Waals surface area contributed by atoms with Gasteiger partial charge in [0, 0.05) is 29.0 Å². The highest BCUT2D eigenvalue weighted by molar-refractivity contribution is 8.00. The van der Waals surface area contributed by atoms with Gasteiger partial charge in [-0.3, -0.25) is 4.79 Å². The molecule has 80 valence electrons. The minimum absolute atomic E-state index is 0.132. The lowest BCUT2D eigenvalue weighted by Gasteiger charge is -2.25. The average molecular weight is 240 g/mol. The first-order chi connectivity index (χ1) is 7.24. The number of fused-ring (bicyclic) bond motifs is 2. The molecule has 5 heteroatoms. The van der Waals surface area contributed by atoms with Gasteiger partial charge in [0.05, 0.1) is 5.01 Å². The van der Waals surface area contributed by atoms with Crippen LogP contribution in [0.4, 0.5) is 0 Å². The summed E-state index contributed by atoms with van der Waals surface area (Å²) in [5, 5.41) is 3.52. The van der Waals surface area contributed by atoms with Crippen LogP contribution in [0.25, 0.3) is 0 Å². The third-order valence-corrected chi connectivity index (χ3v) is 5.16. The Kier molecular flexibility index (Phi) is 2.25. The van der Waals surface area contributed by atoms with Crippen molar-refractivity contribution in [2.75, 3.05) is 12.3 Å². The predicted molar refractivity (Wildman–Crippen MR) is 62.5 cm³/mol. The van der Waals surface area contributed by atoms with Gasteiger partial charge in [-0.15, -0.1) is 11.3 Å². The topological polar surface area (TPSA) is 33.2 Å². The smallest absolute Gasteiger partial charge is 0.273 e.